The zero-order valence-electron chi connectivity index (χ0n) is 10.8. The van der Waals surface area contributed by atoms with Crippen LogP contribution in [0.25, 0.3) is 0 Å². The Hall–Kier alpha value is -1.80. The molecule has 0 bridgehead atoms. The molecule has 5 heteroatoms. The highest BCUT2D eigenvalue weighted by Gasteiger charge is 2.10. The van der Waals surface area contributed by atoms with Gasteiger partial charge in [-0.25, -0.2) is 4.79 Å². The number of carbonyl (C=O) groups excluding carboxylic acids is 1. The number of amides is 1. The first-order valence-electron chi connectivity index (χ1n) is 5.99. The van der Waals surface area contributed by atoms with E-state index in [4.69, 9.17) is 11.2 Å². The van der Waals surface area contributed by atoms with Crippen LogP contribution >= 0.6 is 0 Å². The van der Waals surface area contributed by atoms with Gasteiger partial charge in [-0.1, -0.05) is 30.3 Å². The molecule has 0 heterocycles. The molecule has 1 rings (SSSR count). The lowest BCUT2D eigenvalue weighted by molar-refractivity contribution is 0.117. The van der Waals surface area contributed by atoms with Crippen molar-refractivity contribution < 1.29 is 13.7 Å². The van der Waals surface area contributed by atoms with E-state index in [1.807, 2.05) is 30.3 Å². The predicted octanol–water partition coefficient (Wildman–Crippen LogP) is 2.96. The second-order valence-corrected chi connectivity index (χ2v) is 5.27. The first-order chi connectivity index (χ1) is 9.13. The van der Waals surface area contributed by atoms with Crippen molar-refractivity contribution in [2.24, 2.45) is 4.36 Å². The molecule has 2 atom stereocenters. The van der Waals surface area contributed by atoms with Gasteiger partial charge in [-0.2, -0.15) is 0 Å². The van der Waals surface area contributed by atoms with Crippen molar-refractivity contribution >= 4 is 16.7 Å². The summed E-state index contributed by atoms with van der Waals surface area (Å²) >= 11 is 0. The van der Waals surface area contributed by atoms with E-state index in [0.29, 0.717) is 18.6 Å². The van der Waals surface area contributed by atoms with Crippen LogP contribution in [0.4, 0.5) is 4.79 Å². The monoisotopic (exact) mass is 279 g/mol. The fourth-order valence-electron chi connectivity index (χ4n) is 1.42. The maximum atomic E-state index is 11.5. The van der Waals surface area contributed by atoms with Gasteiger partial charge in [0.1, 0.15) is 6.10 Å². The van der Waals surface area contributed by atoms with E-state index in [-0.39, 0.29) is 0 Å². The maximum Gasteiger partial charge on any atom is 0.442 e. The molecule has 0 aliphatic carbocycles. The fraction of sp³-hybridized carbons (Fsp3) is 0.357. The van der Waals surface area contributed by atoms with Crippen LogP contribution in [-0.2, 0) is 15.3 Å². The van der Waals surface area contributed by atoms with E-state index < -0.39 is 22.8 Å². The molecule has 102 valence electrons. The molecule has 1 aromatic carbocycles. The molecule has 0 aliphatic rings. The lowest BCUT2D eigenvalue weighted by atomic mass is 10.1. The second kappa shape index (κ2) is 8.33. The highest BCUT2D eigenvalue weighted by atomic mass is 32.2. The lowest BCUT2D eigenvalue weighted by Gasteiger charge is -2.10. The minimum Gasteiger partial charge on any atom is -0.440 e. The molecule has 0 N–H and O–H groups in total. The van der Waals surface area contributed by atoms with E-state index in [0.717, 1.165) is 5.56 Å². The van der Waals surface area contributed by atoms with Crippen LogP contribution in [0, 0.1) is 12.3 Å². The number of ether oxygens (including phenoxy) is 1. The summed E-state index contributed by atoms with van der Waals surface area (Å²) in [5.41, 5.74) is 0.869. The van der Waals surface area contributed by atoms with Gasteiger partial charge >= 0.3 is 6.09 Å². The SMILES string of the molecule is C#CCCC/[SH](=O)=N/C(=O)O[C@@H](C)c1ccccc1. The van der Waals surface area contributed by atoms with E-state index in [2.05, 4.69) is 10.3 Å². The van der Waals surface area contributed by atoms with Gasteiger partial charge in [0.05, 0.1) is 0 Å². The molecule has 0 aromatic heterocycles. The average molecular weight is 279 g/mol. The van der Waals surface area contributed by atoms with Gasteiger partial charge in [0, 0.05) is 22.8 Å². The highest BCUT2D eigenvalue weighted by Crippen LogP contribution is 2.16. The molecule has 1 amide bonds. The van der Waals surface area contributed by atoms with Crippen molar-refractivity contribution in [1.82, 2.24) is 0 Å². The number of carbonyl (C=O) groups is 1. The van der Waals surface area contributed by atoms with Crippen LogP contribution in [0.3, 0.4) is 0 Å². The number of terminal acetylenes is 1. The standard InChI is InChI=1S/C14H17NO3S/c1-3-4-8-11-19(17)15-14(16)18-12(2)13-9-6-5-7-10-13/h1,5-7,9-10,12,19H,4,8,11H2,2H3/t12-/m0/s1. The zero-order valence-corrected chi connectivity index (χ0v) is 11.7. The van der Waals surface area contributed by atoms with Crippen molar-refractivity contribution in [2.45, 2.75) is 25.9 Å². The molecule has 1 unspecified atom stereocenters. The summed E-state index contributed by atoms with van der Waals surface area (Å²) in [6.45, 7) is 1.74. The first-order valence-corrected chi connectivity index (χ1v) is 7.38. The Morgan fingerprint density at radius 3 is 2.79 bits per heavy atom. The van der Waals surface area contributed by atoms with Gasteiger partial charge in [-0.15, -0.1) is 16.7 Å². The normalized spacial score (nSPS) is 13.5. The quantitative estimate of drug-likeness (QED) is 0.512. The summed E-state index contributed by atoms with van der Waals surface area (Å²) in [6, 6.07) is 9.30. The van der Waals surface area contributed by atoms with Gasteiger partial charge in [0.2, 0.25) is 0 Å². The average Bonchev–Trinajstić information content (AvgIpc) is 2.39. The Kier molecular flexibility index (Phi) is 6.69. The number of benzene rings is 1. The number of rotatable bonds is 5. The summed E-state index contributed by atoms with van der Waals surface area (Å²) in [4.78, 5) is 11.5. The maximum absolute atomic E-state index is 11.5. The minimum atomic E-state index is -1.93. The molecular formula is C14H17NO3S. The van der Waals surface area contributed by atoms with Crippen LogP contribution < -0.4 is 0 Å². The van der Waals surface area contributed by atoms with Crippen LogP contribution in [0.15, 0.2) is 34.7 Å². The zero-order chi connectivity index (χ0) is 14.1. The van der Waals surface area contributed by atoms with Crippen molar-refractivity contribution in [3.05, 3.63) is 35.9 Å². The van der Waals surface area contributed by atoms with E-state index >= 15 is 0 Å². The van der Waals surface area contributed by atoms with E-state index in [1.165, 1.54) is 0 Å². The number of nitrogens with zero attached hydrogens (tertiary/aromatic N) is 1. The molecule has 0 spiro atoms. The van der Waals surface area contributed by atoms with Gasteiger partial charge in [0.15, 0.2) is 0 Å². The summed E-state index contributed by atoms with van der Waals surface area (Å²) in [5, 5.41) is 0. The smallest absolute Gasteiger partial charge is 0.440 e. The fourth-order valence-corrected chi connectivity index (χ4v) is 2.18. The Bertz CT molecular complexity index is 527. The second-order valence-electron chi connectivity index (χ2n) is 3.92. The van der Waals surface area contributed by atoms with E-state index in [1.54, 1.807) is 6.92 Å². The van der Waals surface area contributed by atoms with Gasteiger partial charge in [0.25, 0.3) is 0 Å². The van der Waals surface area contributed by atoms with Gasteiger partial charge < -0.3 is 4.74 Å². The van der Waals surface area contributed by atoms with Crippen molar-refractivity contribution in [3.8, 4) is 12.3 Å². The molecule has 19 heavy (non-hydrogen) atoms. The molecule has 0 radical (unpaired) electrons. The third-order valence-corrected chi connectivity index (χ3v) is 3.50. The van der Waals surface area contributed by atoms with Crippen molar-refractivity contribution in [2.75, 3.05) is 5.75 Å². The molecular weight excluding hydrogens is 262 g/mol. The number of unbranched alkanes of at least 4 members (excludes halogenated alkanes) is 1. The van der Waals surface area contributed by atoms with Crippen LogP contribution in [0.2, 0.25) is 0 Å². The Morgan fingerprint density at radius 2 is 2.16 bits per heavy atom. The van der Waals surface area contributed by atoms with Crippen LogP contribution in [0.5, 0.6) is 0 Å². The lowest BCUT2D eigenvalue weighted by Crippen LogP contribution is -2.05. The van der Waals surface area contributed by atoms with Gasteiger partial charge in [-0.3, -0.25) is 4.21 Å². The minimum absolute atomic E-state index is 0.314. The molecule has 0 saturated carbocycles. The summed E-state index contributed by atoms with van der Waals surface area (Å²) in [7, 11) is -1.93. The highest BCUT2D eigenvalue weighted by molar-refractivity contribution is 7.75. The third-order valence-electron chi connectivity index (χ3n) is 2.41. The first kappa shape index (κ1) is 15.3. The summed E-state index contributed by atoms with van der Waals surface area (Å²) < 4.78 is 20.0. The topological polar surface area (TPSA) is 55.7 Å². The number of hydrogen-bond donors (Lipinski definition) is 1. The van der Waals surface area contributed by atoms with Crippen LogP contribution in [-0.4, -0.2) is 16.1 Å². The molecule has 4 nitrogen and oxygen atoms in total. The Labute approximate surface area is 115 Å². The molecule has 0 aliphatic heterocycles. The third kappa shape index (κ3) is 6.07. The van der Waals surface area contributed by atoms with Crippen LogP contribution in [0.1, 0.15) is 31.4 Å². The summed E-state index contributed by atoms with van der Waals surface area (Å²) in [6.07, 6.45) is 5.00. The Balaban J connectivity index is 2.49. The largest absolute Gasteiger partial charge is 0.442 e. The predicted molar refractivity (Wildman–Crippen MR) is 76.2 cm³/mol. The molecule has 0 saturated heterocycles. The number of thiol groups is 1. The summed E-state index contributed by atoms with van der Waals surface area (Å²) in [5.74, 6) is 2.76. The molecule has 1 aromatic rings. The number of hydrogen-bond acceptors (Lipinski definition) is 3. The van der Waals surface area contributed by atoms with E-state index in [9.17, 15) is 9.00 Å². The van der Waals surface area contributed by atoms with Crippen molar-refractivity contribution in [1.29, 1.82) is 0 Å². The Morgan fingerprint density at radius 1 is 1.47 bits per heavy atom. The molecule has 0 fully saturated rings. The van der Waals surface area contributed by atoms with Gasteiger partial charge in [-0.05, 0) is 18.9 Å². The van der Waals surface area contributed by atoms with Crippen molar-refractivity contribution in [3.63, 3.8) is 0 Å².